The van der Waals surface area contributed by atoms with Crippen LogP contribution >= 0.6 is 11.6 Å². The van der Waals surface area contributed by atoms with Gasteiger partial charge in [-0.05, 0) is 12.1 Å². The fourth-order valence-corrected chi connectivity index (χ4v) is 2.53. The van der Waals surface area contributed by atoms with Gasteiger partial charge >= 0.3 is 0 Å². The number of nitrogens with two attached hydrogens (primary N) is 1. The van der Waals surface area contributed by atoms with Crippen LogP contribution in [0.4, 0.5) is 15.8 Å². The zero-order valence-corrected chi connectivity index (χ0v) is 11.5. The summed E-state index contributed by atoms with van der Waals surface area (Å²) in [4.78, 5) is 0. The maximum Gasteiger partial charge on any atom is 0.143 e. The first-order valence-corrected chi connectivity index (χ1v) is 6.76. The Morgan fingerprint density at radius 3 is 2.95 bits per heavy atom. The first kappa shape index (κ1) is 13.1. The number of nitrogen functional groups attached to an aromatic ring is 1. The first-order chi connectivity index (χ1) is 9.65. The summed E-state index contributed by atoms with van der Waals surface area (Å²) in [6, 6.07) is 10.7. The minimum absolute atomic E-state index is 0.0574. The van der Waals surface area contributed by atoms with Gasteiger partial charge in [0.1, 0.15) is 11.6 Å². The molecule has 5 heteroatoms. The van der Waals surface area contributed by atoms with Crippen LogP contribution in [0.1, 0.15) is 18.0 Å². The van der Waals surface area contributed by atoms with Crippen molar-refractivity contribution < 1.29 is 9.13 Å². The lowest BCUT2D eigenvalue weighted by Crippen LogP contribution is -2.20. The molecule has 0 saturated heterocycles. The molecule has 3 N–H and O–H groups in total. The molecule has 0 fully saturated rings. The fourth-order valence-electron chi connectivity index (χ4n) is 2.37. The van der Waals surface area contributed by atoms with Gasteiger partial charge in [0.25, 0.3) is 0 Å². The second kappa shape index (κ2) is 5.21. The van der Waals surface area contributed by atoms with Crippen LogP contribution in [-0.4, -0.2) is 6.61 Å². The average Bonchev–Trinajstić information content (AvgIpc) is 2.45. The molecule has 2 aromatic rings. The van der Waals surface area contributed by atoms with Crippen molar-refractivity contribution in [1.29, 1.82) is 0 Å². The number of rotatable bonds is 2. The van der Waals surface area contributed by atoms with E-state index in [1.54, 1.807) is 0 Å². The molecule has 3 rings (SSSR count). The molecule has 20 heavy (non-hydrogen) atoms. The average molecular weight is 293 g/mol. The second-order valence-electron chi connectivity index (χ2n) is 4.73. The van der Waals surface area contributed by atoms with Crippen LogP contribution in [0, 0.1) is 5.82 Å². The summed E-state index contributed by atoms with van der Waals surface area (Å²) in [7, 11) is 0. The number of hydrogen-bond acceptors (Lipinski definition) is 3. The lowest BCUT2D eigenvalue weighted by Gasteiger charge is -2.28. The maximum absolute atomic E-state index is 13.3. The van der Waals surface area contributed by atoms with Crippen molar-refractivity contribution >= 4 is 23.0 Å². The SMILES string of the molecule is Nc1cc(F)c(Cl)cc1NC1CCOc2ccccc21. The number of anilines is 2. The van der Waals surface area contributed by atoms with Gasteiger partial charge in [0.2, 0.25) is 0 Å². The fraction of sp³-hybridized carbons (Fsp3) is 0.200. The Morgan fingerprint density at radius 2 is 2.10 bits per heavy atom. The third kappa shape index (κ3) is 2.39. The van der Waals surface area contributed by atoms with Crippen LogP contribution in [0.2, 0.25) is 5.02 Å². The highest BCUT2D eigenvalue weighted by Crippen LogP contribution is 2.36. The standard InChI is InChI=1S/C15H14ClFN2O/c16-10-7-14(12(18)8-11(10)17)19-13-5-6-20-15-4-2-1-3-9(13)15/h1-4,7-8,13,19H,5-6,18H2. The van der Waals surface area contributed by atoms with Gasteiger partial charge in [0.15, 0.2) is 0 Å². The van der Waals surface area contributed by atoms with E-state index >= 15 is 0 Å². The van der Waals surface area contributed by atoms with Crippen LogP contribution in [0.5, 0.6) is 5.75 Å². The highest BCUT2D eigenvalue weighted by molar-refractivity contribution is 6.31. The predicted octanol–water partition coefficient (Wildman–Crippen LogP) is 4.00. The lowest BCUT2D eigenvalue weighted by atomic mass is 10.00. The Morgan fingerprint density at radius 1 is 1.30 bits per heavy atom. The summed E-state index contributed by atoms with van der Waals surface area (Å²) >= 11 is 5.81. The van der Waals surface area contributed by atoms with Gasteiger partial charge in [-0.3, -0.25) is 0 Å². The molecule has 1 atom stereocenters. The van der Waals surface area contributed by atoms with Crippen molar-refractivity contribution in [2.45, 2.75) is 12.5 Å². The number of benzene rings is 2. The molecule has 3 nitrogen and oxygen atoms in total. The van der Waals surface area contributed by atoms with Gasteiger partial charge < -0.3 is 15.8 Å². The number of halogens is 2. The van der Waals surface area contributed by atoms with E-state index in [9.17, 15) is 4.39 Å². The molecule has 104 valence electrons. The number of fused-ring (bicyclic) bond motifs is 1. The van der Waals surface area contributed by atoms with Gasteiger partial charge in [0.05, 0.1) is 29.0 Å². The van der Waals surface area contributed by atoms with Crippen LogP contribution < -0.4 is 15.8 Å². The van der Waals surface area contributed by atoms with E-state index in [-0.39, 0.29) is 11.1 Å². The van der Waals surface area contributed by atoms with Gasteiger partial charge in [-0.2, -0.15) is 0 Å². The Kier molecular flexibility index (Phi) is 3.40. The highest BCUT2D eigenvalue weighted by atomic mass is 35.5. The Hall–Kier alpha value is -1.94. The zero-order chi connectivity index (χ0) is 14.1. The van der Waals surface area contributed by atoms with Crippen LogP contribution in [0.25, 0.3) is 0 Å². The van der Waals surface area contributed by atoms with E-state index in [1.807, 2.05) is 24.3 Å². The van der Waals surface area contributed by atoms with Crippen LogP contribution in [0.15, 0.2) is 36.4 Å². The molecule has 1 heterocycles. The molecule has 2 aromatic carbocycles. The summed E-state index contributed by atoms with van der Waals surface area (Å²) in [6.07, 6.45) is 0.811. The number of nitrogens with one attached hydrogen (secondary N) is 1. The normalized spacial score (nSPS) is 17.2. The molecular formula is C15H14ClFN2O. The minimum Gasteiger partial charge on any atom is -0.493 e. The number of hydrogen-bond donors (Lipinski definition) is 2. The summed E-state index contributed by atoms with van der Waals surface area (Å²) in [5, 5.41) is 3.37. The molecule has 1 aliphatic rings. The van der Waals surface area contributed by atoms with Crippen LogP contribution in [0.3, 0.4) is 0 Å². The molecule has 1 aliphatic heterocycles. The molecule has 0 aliphatic carbocycles. The lowest BCUT2D eigenvalue weighted by molar-refractivity contribution is 0.274. The van der Waals surface area contributed by atoms with Crippen molar-refractivity contribution in [2.75, 3.05) is 17.7 Å². The third-order valence-electron chi connectivity index (χ3n) is 3.38. The smallest absolute Gasteiger partial charge is 0.143 e. The summed E-state index contributed by atoms with van der Waals surface area (Å²) in [6.45, 7) is 0.628. The quantitative estimate of drug-likeness (QED) is 0.823. The number of ether oxygens (including phenoxy) is 1. The highest BCUT2D eigenvalue weighted by Gasteiger charge is 2.21. The minimum atomic E-state index is -0.512. The van der Waals surface area contributed by atoms with E-state index in [1.165, 1.54) is 12.1 Å². The third-order valence-corrected chi connectivity index (χ3v) is 3.67. The van der Waals surface area contributed by atoms with Gasteiger partial charge in [-0.1, -0.05) is 29.8 Å². The Balaban J connectivity index is 1.91. The molecule has 0 spiro atoms. The van der Waals surface area contributed by atoms with Gasteiger partial charge in [-0.15, -0.1) is 0 Å². The molecule has 0 saturated carbocycles. The van der Waals surface area contributed by atoms with Crippen LogP contribution in [-0.2, 0) is 0 Å². The molecule has 0 bridgehead atoms. The topological polar surface area (TPSA) is 47.3 Å². The molecule has 0 radical (unpaired) electrons. The van der Waals surface area contributed by atoms with E-state index in [2.05, 4.69) is 5.32 Å². The number of para-hydroxylation sites is 1. The molecular weight excluding hydrogens is 279 g/mol. The predicted molar refractivity (Wildman–Crippen MR) is 78.7 cm³/mol. The zero-order valence-electron chi connectivity index (χ0n) is 10.7. The van der Waals surface area contributed by atoms with Crippen molar-refractivity contribution in [3.05, 3.63) is 52.8 Å². The van der Waals surface area contributed by atoms with E-state index in [0.29, 0.717) is 18.0 Å². The summed E-state index contributed by atoms with van der Waals surface area (Å²) in [5.74, 6) is 0.352. The van der Waals surface area contributed by atoms with Crippen molar-refractivity contribution in [3.8, 4) is 5.75 Å². The summed E-state index contributed by atoms with van der Waals surface area (Å²) in [5.41, 5.74) is 7.88. The molecule has 0 aromatic heterocycles. The largest absolute Gasteiger partial charge is 0.493 e. The summed E-state index contributed by atoms with van der Waals surface area (Å²) < 4.78 is 18.9. The van der Waals surface area contributed by atoms with Crippen molar-refractivity contribution in [2.24, 2.45) is 0 Å². The monoisotopic (exact) mass is 292 g/mol. The maximum atomic E-state index is 13.3. The van der Waals surface area contributed by atoms with Gasteiger partial charge in [0, 0.05) is 18.1 Å². The Labute approximate surface area is 121 Å². The van der Waals surface area contributed by atoms with Crippen molar-refractivity contribution in [1.82, 2.24) is 0 Å². The first-order valence-electron chi connectivity index (χ1n) is 6.38. The van der Waals surface area contributed by atoms with E-state index in [4.69, 9.17) is 22.1 Å². The molecule has 0 amide bonds. The Bertz CT molecular complexity index is 648. The molecule has 1 unspecified atom stereocenters. The van der Waals surface area contributed by atoms with Gasteiger partial charge in [-0.25, -0.2) is 4.39 Å². The second-order valence-corrected chi connectivity index (χ2v) is 5.13. The van der Waals surface area contributed by atoms with E-state index < -0.39 is 5.82 Å². The van der Waals surface area contributed by atoms with E-state index in [0.717, 1.165) is 17.7 Å². The van der Waals surface area contributed by atoms with Crippen molar-refractivity contribution in [3.63, 3.8) is 0 Å².